The molecule has 19 heavy (non-hydrogen) atoms. The molecule has 1 saturated carbocycles. The zero-order chi connectivity index (χ0) is 14.0. The summed E-state index contributed by atoms with van der Waals surface area (Å²) in [7, 11) is 0. The standard InChI is InChI=1S/C17H33NO/c1-5-6-13-7-8-16(19)15(11-13)18-10-9-14(12-18)17(2,3)4/h13-16,19H,5-12H2,1-4H3. The molecule has 4 atom stereocenters. The Bertz CT molecular complexity index is 283. The van der Waals surface area contributed by atoms with E-state index in [1.807, 2.05) is 0 Å². The maximum Gasteiger partial charge on any atom is 0.0695 e. The molecule has 0 aromatic carbocycles. The van der Waals surface area contributed by atoms with Gasteiger partial charge in [0.1, 0.15) is 0 Å². The van der Waals surface area contributed by atoms with Crippen LogP contribution in [-0.2, 0) is 0 Å². The first kappa shape index (κ1) is 15.3. The van der Waals surface area contributed by atoms with Gasteiger partial charge in [0.15, 0.2) is 0 Å². The molecule has 0 radical (unpaired) electrons. The van der Waals surface area contributed by atoms with Crippen molar-refractivity contribution in [3.63, 3.8) is 0 Å². The van der Waals surface area contributed by atoms with Gasteiger partial charge in [0.05, 0.1) is 6.10 Å². The predicted octanol–water partition coefficient (Wildman–Crippen LogP) is 3.68. The van der Waals surface area contributed by atoms with Crippen molar-refractivity contribution in [1.29, 1.82) is 0 Å². The highest BCUT2D eigenvalue weighted by Gasteiger charge is 2.39. The predicted molar refractivity (Wildman–Crippen MR) is 81.2 cm³/mol. The van der Waals surface area contributed by atoms with Crippen molar-refractivity contribution in [2.75, 3.05) is 13.1 Å². The van der Waals surface area contributed by atoms with Crippen LogP contribution in [0.5, 0.6) is 0 Å². The van der Waals surface area contributed by atoms with Crippen molar-refractivity contribution in [2.45, 2.75) is 78.4 Å². The van der Waals surface area contributed by atoms with E-state index in [1.54, 1.807) is 0 Å². The van der Waals surface area contributed by atoms with Crippen LogP contribution in [-0.4, -0.2) is 35.2 Å². The molecular formula is C17H33NO. The Labute approximate surface area is 119 Å². The number of aliphatic hydroxyl groups excluding tert-OH is 1. The van der Waals surface area contributed by atoms with Crippen molar-refractivity contribution >= 4 is 0 Å². The van der Waals surface area contributed by atoms with Crippen LogP contribution < -0.4 is 0 Å². The average molecular weight is 267 g/mol. The van der Waals surface area contributed by atoms with Crippen molar-refractivity contribution in [2.24, 2.45) is 17.3 Å². The van der Waals surface area contributed by atoms with E-state index in [4.69, 9.17) is 0 Å². The number of hydrogen-bond donors (Lipinski definition) is 1. The van der Waals surface area contributed by atoms with E-state index in [0.717, 1.165) is 18.3 Å². The van der Waals surface area contributed by atoms with Gasteiger partial charge >= 0.3 is 0 Å². The molecule has 1 heterocycles. The first-order chi connectivity index (χ1) is 8.91. The Hall–Kier alpha value is -0.0800. The molecule has 1 saturated heterocycles. The Morgan fingerprint density at radius 1 is 1.16 bits per heavy atom. The summed E-state index contributed by atoms with van der Waals surface area (Å²) >= 11 is 0. The molecule has 4 unspecified atom stereocenters. The highest BCUT2D eigenvalue weighted by atomic mass is 16.3. The minimum atomic E-state index is -0.0770. The second kappa shape index (κ2) is 6.13. The third kappa shape index (κ3) is 3.72. The maximum absolute atomic E-state index is 10.4. The summed E-state index contributed by atoms with van der Waals surface area (Å²) in [6, 6.07) is 0.442. The highest BCUT2D eigenvalue weighted by Crippen LogP contribution is 2.38. The topological polar surface area (TPSA) is 23.5 Å². The molecule has 1 aliphatic heterocycles. The molecule has 0 aromatic rings. The van der Waals surface area contributed by atoms with Crippen LogP contribution in [0.1, 0.15) is 66.2 Å². The van der Waals surface area contributed by atoms with Crippen LogP contribution in [0.15, 0.2) is 0 Å². The van der Waals surface area contributed by atoms with E-state index >= 15 is 0 Å². The lowest BCUT2D eigenvalue weighted by Crippen LogP contribution is -2.46. The summed E-state index contributed by atoms with van der Waals surface area (Å²) in [5, 5.41) is 10.4. The molecule has 0 aromatic heterocycles. The summed E-state index contributed by atoms with van der Waals surface area (Å²) < 4.78 is 0. The summed E-state index contributed by atoms with van der Waals surface area (Å²) in [4.78, 5) is 2.60. The lowest BCUT2D eigenvalue weighted by atomic mass is 9.79. The third-order valence-corrected chi connectivity index (χ3v) is 5.50. The molecule has 2 aliphatic rings. The summed E-state index contributed by atoms with van der Waals surface area (Å²) in [6.07, 6.45) is 7.36. The van der Waals surface area contributed by atoms with Crippen LogP contribution in [0, 0.1) is 17.3 Å². The van der Waals surface area contributed by atoms with Crippen LogP contribution in [0.4, 0.5) is 0 Å². The van der Waals surface area contributed by atoms with E-state index in [0.29, 0.717) is 11.5 Å². The number of hydrogen-bond acceptors (Lipinski definition) is 2. The molecule has 2 heteroatoms. The van der Waals surface area contributed by atoms with Gasteiger partial charge in [-0.05, 0) is 49.5 Å². The Balaban J connectivity index is 1.93. The highest BCUT2D eigenvalue weighted by molar-refractivity contribution is 4.92. The second-order valence-corrected chi connectivity index (χ2v) is 7.95. The van der Waals surface area contributed by atoms with Crippen molar-refractivity contribution in [3.05, 3.63) is 0 Å². The van der Waals surface area contributed by atoms with E-state index in [2.05, 4.69) is 32.6 Å². The minimum Gasteiger partial charge on any atom is -0.391 e. The average Bonchev–Trinajstić information content (AvgIpc) is 2.81. The van der Waals surface area contributed by atoms with Gasteiger partial charge in [-0.25, -0.2) is 0 Å². The fraction of sp³-hybridized carbons (Fsp3) is 1.00. The molecule has 0 amide bonds. The van der Waals surface area contributed by atoms with E-state index in [1.165, 1.54) is 45.2 Å². The van der Waals surface area contributed by atoms with Gasteiger partial charge in [-0.2, -0.15) is 0 Å². The Morgan fingerprint density at radius 2 is 1.89 bits per heavy atom. The van der Waals surface area contributed by atoms with Crippen LogP contribution in [0.25, 0.3) is 0 Å². The molecular weight excluding hydrogens is 234 g/mol. The van der Waals surface area contributed by atoms with E-state index in [-0.39, 0.29) is 6.10 Å². The first-order valence-corrected chi connectivity index (χ1v) is 8.34. The monoisotopic (exact) mass is 267 g/mol. The molecule has 0 spiro atoms. The fourth-order valence-corrected chi connectivity index (χ4v) is 4.07. The third-order valence-electron chi connectivity index (χ3n) is 5.50. The summed E-state index contributed by atoms with van der Waals surface area (Å²) in [5.41, 5.74) is 0.414. The van der Waals surface area contributed by atoms with Crippen molar-refractivity contribution in [1.82, 2.24) is 4.90 Å². The lowest BCUT2D eigenvalue weighted by molar-refractivity contribution is 0.00796. The first-order valence-electron chi connectivity index (χ1n) is 8.34. The molecule has 2 fully saturated rings. The molecule has 2 nitrogen and oxygen atoms in total. The SMILES string of the molecule is CCCC1CCC(O)C(N2CCC(C(C)(C)C)C2)C1. The summed E-state index contributed by atoms with van der Waals surface area (Å²) in [6.45, 7) is 11.8. The largest absolute Gasteiger partial charge is 0.391 e. The van der Waals surface area contributed by atoms with Gasteiger partial charge in [0.2, 0.25) is 0 Å². The Morgan fingerprint density at radius 3 is 2.47 bits per heavy atom. The normalized spacial score (nSPS) is 37.7. The number of likely N-dealkylation sites (tertiary alicyclic amines) is 1. The number of nitrogens with zero attached hydrogens (tertiary/aromatic N) is 1. The zero-order valence-electron chi connectivity index (χ0n) is 13.4. The number of rotatable bonds is 3. The van der Waals surface area contributed by atoms with Gasteiger partial charge in [0, 0.05) is 12.6 Å². The Kier molecular flexibility index (Phi) is 4.94. The van der Waals surface area contributed by atoms with Crippen molar-refractivity contribution < 1.29 is 5.11 Å². The van der Waals surface area contributed by atoms with Gasteiger partial charge in [-0.3, -0.25) is 4.90 Å². The van der Waals surface area contributed by atoms with Crippen molar-refractivity contribution in [3.8, 4) is 0 Å². The molecule has 0 bridgehead atoms. The molecule has 112 valence electrons. The molecule has 1 aliphatic carbocycles. The van der Waals surface area contributed by atoms with Gasteiger partial charge in [-0.15, -0.1) is 0 Å². The lowest BCUT2D eigenvalue weighted by Gasteiger charge is -2.39. The number of aliphatic hydroxyl groups is 1. The quantitative estimate of drug-likeness (QED) is 0.843. The smallest absolute Gasteiger partial charge is 0.0695 e. The van der Waals surface area contributed by atoms with Gasteiger partial charge < -0.3 is 5.11 Å². The van der Waals surface area contributed by atoms with E-state index in [9.17, 15) is 5.11 Å². The minimum absolute atomic E-state index is 0.0770. The van der Waals surface area contributed by atoms with E-state index < -0.39 is 0 Å². The molecule has 2 rings (SSSR count). The van der Waals surface area contributed by atoms with Crippen LogP contribution >= 0.6 is 0 Å². The van der Waals surface area contributed by atoms with Crippen LogP contribution in [0.3, 0.4) is 0 Å². The summed E-state index contributed by atoms with van der Waals surface area (Å²) in [5.74, 6) is 1.65. The maximum atomic E-state index is 10.4. The van der Waals surface area contributed by atoms with Gasteiger partial charge in [-0.1, -0.05) is 40.5 Å². The fourth-order valence-electron chi connectivity index (χ4n) is 4.07. The molecule has 1 N–H and O–H groups in total. The second-order valence-electron chi connectivity index (χ2n) is 7.95. The zero-order valence-corrected chi connectivity index (χ0v) is 13.4. The van der Waals surface area contributed by atoms with Crippen LogP contribution in [0.2, 0.25) is 0 Å². The van der Waals surface area contributed by atoms with Gasteiger partial charge in [0.25, 0.3) is 0 Å².